The number of ether oxygens (including phenoxy) is 1. The topological polar surface area (TPSA) is 56.4 Å². The first-order chi connectivity index (χ1) is 20.2. The van der Waals surface area contributed by atoms with Crippen LogP contribution >= 0.6 is 0 Å². The van der Waals surface area contributed by atoms with E-state index in [4.69, 9.17) is 9.15 Å². The number of carbonyl (C=O) groups is 1. The zero-order chi connectivity index (χ0) is 27.9. The number of carbonyl (C=O) groups excluding carboxylic acids is 1. The van der Waals surface area contributed by atoms with Crippen LogP contribution in [0, 0.1) is 0 Å². The fourth-order valence-electron chi connectivity index (χ4n) is 5.29. The third-order valence-corrected chi connectivity index (χ3v) is 7.33. The first-order valence-electron chi connectivity index (χ1n) is 13.9. The maximum atomic E-state index is 13.3. The minimum atomic E-state index is -0.172. The van der Waals surface area contributed by atoms with Gasteiger partial charge in [0.25, 0.3) is 0 Å². The fourth-order valence-corrected chi connectivity index (χ4v) is 5.29. The quantitative estimate of drug-likeness (QED) is 0.183. The minimum Gasteiger partial charge on any atom is -0.489 e. The van der Waals surface area contributed by atoms with Crippen molar-refractivity contribution in [3.8, 4) is 5.75 Å². The number of furan rings is 1. The molecule has 0 saturated carbocycles. The minimum absolute atomic E-state index is 0.0399. The third-order valence-electron chi connectivity index (χ3n) is 7.33. The summed E-state index contributed by atoms with van der Waals surface area (Å²) in [5.74, 6) is 1.29. The van der Waals surface area contributed by atoms with E-state index in [0.29, 0.717) is 19.6 Å². The van der Waals surface area contributed by atoms with Crippen LogP contribution in [0.4, 0.5) is 0 Å². The maximum Gasteiger partial charge on any atom is 0.221 e. The Kier molecular flexibility index (Phi) is 7.95. The summed E-state index contributed by atoms with van der Waals surface area (Å²) in [6, 6.07) is 40.8. The normalized spacial score (nSPS) is 11.8. The van der Waals surface area contributed by atoms with Gasteiger partial charge in [0.05, 0.1) is 12.8 Å². The summed E-state index contributed by atoms with van der Waals surface area (Å²) in [5, 5.41) is 4.18. The van der Waals surface area contributed by atoms with Crippen LogP contribution in [0.3, 0.4) is 0 Å². The van der Waals surface area contributed by atoms with E-state index in [1.807, 2.05) is 48.5 Å². The highest BCUT2D eigenvalue weighted by atomic mass is 16.5. The monoisotopic (exact) mass is 540 g/mol. The van der Waals surface area contributed by atoms with E-state index >= 15 is 0 Å². The van der Waals surface area contributed by atoms with E-state index in [0.717, 1.165) is 45.6 Å². The summed E-state index contributed by atoms with van der Waals surface area (Å²) < 4.78 is 13.9. The zero-order valence-corrected chi connectivity index (χ0v) is 22.8. The lowest BCUT2D eigenvalue weighted by Crippen LogP contribution is -2.24. The molecule has 2 aromatic heterocycles. The van der Waals surface area contributed by atoms with Gasteiger partial charge in [-0.25, -0.2) is 0 Å². The average molecular weight is 541 g/mol. The van der Waals surface area contributed by atoms with Crippen molar-refractivity contribution in [2.75, 3.05) is 0 Å². The molecule has 0 saturated heterocycles. The molecule has 0 aliphatic carbocycles. The lowest BCUT2D eigenvalue weighted by atomic mass is 9.88. The molecular weight excluding hydrogens is 508 g/mol. The van der Waals surface area contributed by atoms with Crippen molar-refractivity contribution in [3.63, 3.8) is 0 Å². The summed E-state index contributed by atoms with van der Waals surface area (Å²) in [6.45, 7) is 1.59. The zero-order valence-electron chi connectivity index (χ0n) is 22.8. The molecule has 1 N–H and O–H groups in total. The highest BCUT2D eigenvalue weighted by Gasteiger charge is 2.23. The van der Waals surface area contributed by atoms with Gasteiger partial charge in [-0.1, -0.05) is 91.0 Å². The van der Waals surface area contributed by atoms with Crippen molar-refractivity contribution in [2.24, 2.45) is 0 Å². The molecule has 0 bridgehead atoms. The molecule has 1 atom stereocenters. The predicted molar refractivity (Wildman–Crippen MR) is 162 cm³/mol. The molecule has 2 heterocycles. The van der Waals surface area contributed by atoms with Crippen LogP contribution in [0.5, 0.6) is 5.75 Å². The molecular formula is C36H32N2O3. The largest absolute Gasteiger partial charge is 0.489 e. The van der Waals surface area contributed by atoms with Crippen LogP contribution < -0.4 is 10.1 Å². The summed E-state index contributed by atoms with van der Waals surface area (Å²) in [6.07, 6.45) is 4.12. The van der Waals surface area contributed by atoms with Crippen molar-refractivity contribution in [3.05, 3.63) is 162 Å². The van der Waals surface area contributed by atoms with Crippen LogP contribution in [0.1, 0.15) is 40.4 Å². The van der Waals surface area contributed by atoms with Gasteiger partial charge in [-0.05, 0) is 52.6 Å². The number of para-hydroxylation sites is 1. The Balaban J connectivity index is 1.34. The molecule has 4 aromatic carbocycles. The molecule has 0 radical (unpaired) electrons. The molecule has 5 heteroatoms. The summed E-state index contributed by atoms with van der Waals surface area (Å²) in [7, 11) is 0. The van der Waals surface area contributed by atoms with Gasteiger partial charge >= 0.3 is 0 Å². The highest BCUT2D eigenvalue weighted by Crippen LogP contribution is 2.36. The van der Waals surface area contributed by atoms with Crippen molar-refractivity contribution < 1.29 is 13.9 Å². The van der Waals surface area contributed by atoms with Gasteiger partial charge in [-0.2, -0.15) is 0 Å². The van der Waals surface area contributed by atoms with E-state index in [-0.39, 0.29) is 11.8 Å². The molecule has 5 nitrogen and oxygen atoms in total. The molecule has 1 amide bonds. The SMILES string of the molecule is O=C(C[C@@H](c1cccc(OCc2ccccc2)c1)c1cn(Cc2ccccc2)c2ccccc12)NCc1ccco1. The van der Waals surface area contributed by atoms with Gasteiger partial charge in [-0.3, -0.25) is 4.79 Å². The van der Waals surface area contributed by atoms with E-state index in [1.54, 1.807) is 6.26 Å². The number of nitrogens with one attached hydrogen (secondary N) is 1. The van der Waals surface area contributed by atoms with Crippen molar-refractivity contribution in [1.29, 1.82) is 0 Å². The van der Waals surface area contributed by atoms with E-state index < -0.39 is 0 Å². The Morgan fingerprint density at radius 2 is 1.56 bits per heavy atom. The Bertz CT molecular complexity index is 1710. The second-order valence-corrected chi connectivity index (χ2v) is 10.2. The van der Waals surface area contributed by atoms with E-state index in [1.165, 1.54) is 5.56 Å². The van der Waals surface area contributed by atoms with E-state index in [2.05, 4.69) is 88.9 Å². The number of benzene rings is 4. The van der Waals surface area contributed by atoms with Crippen LogP contribution in [0.15, 0.2) is 138 Å². The lowest BCUT2D eigenvalue weighted by Gasteiger charge is -2.18. The Hall–Kier alpha value is -5.03. The third kappa shape index (κ3) is 6.42. The molecule has 6 aromatic rings. The molecule has 0 spiro atoms. The van der Waals surface area contributed by atoms with Crippen LogP contribution in [-0.2, 0) is 24.5 Å². The Morgan fingerprint density at radius 3 is 2.34 bits per heavy atom. The predicted octanol–water partition coefficient (Wildman–Crippen LogP) is 7.70. The number of aromatic nitrogens is 1. The number of amides is 1. The van der Waals surface area contributed by atoms with Crippen molar-refractivity contribution in [1.82, 2.24) is 9.88 Å². The van der Waals surface area contributed by atoms with Crippen LogP contribution in [-0.4, -0.2) is 10.5 Å². The van der Waals surface area contributed by atoms with Crippen molar-refractivity contribution >= 4 is 16.8 Å². The van der Waals surface area contributed by atoms with E-state index in [9.17, 15) is 4.79 Å². The summed E-state index contributed by atoms with van der Waals surface area (Å²) >= 11 is 0. The number of hydrogen-bond acceptors (Lipinski definition) is 3. The summed E-state index contributed by atoms with van der Waals surface area (Å²) in [5.41, 5.74) is 5.62. The number of rotatable bonds is 11. The van der Waals surface area contributed by atoms with Crippen molar-refractivity contribution in [2.45, 2.75) is 32.0 Å². The lowest BCUT2D eigenvalue weighted by molar-refractivity contribution is -0.121. The van der Waals surface area contributed by atoms with Gasteiger partial charge in [0.2, 0.25) is 5.91 Å². The smallest absolute Gasteiger partial charge is 0.221 e. The Morgan fingerprint density at radius 1 is 0.805 bits per heavy atom. The first-order valence-corrected chi connectivity index (χ1v) is 13.9. The molecule has 0 aliphatic rings. The summed E-state index contributed by atoms with van der Waals surface area (Å²) in [4.78, 5) is 13.3. The number of hydrogen-bond donors (Lipinski definition) is 1. The fraction of sp³-hybridized carbons (Fsp3) is 0.139. The standard InChI is InChI=1S/C36H32N2O3/c39-36(37-23-31-17-10-20-40-31)22-33(29-15-9-16-30(21-29)41-26-28-13-5-2-6-14-28)34-25-38(24-27-11-3-1-4-12-27)35-19-8-7-18-32(34)35/h1-21,25,33H,22-24,26H2,(H,37,39)/t33-/m0/s1. The number of fused-ring (bicyclic) bond motifs is 1. The van der Waals surface area contributed by atoms with Gasteiger partial charge in [0.15, 0.2) is 0 Å². The second-order valence-electron chi connectivity index (χ2n) is 10.2. The first kappa shape index (κ1) is 26.2. The highest BCUT2D eigenvalue weighted by molar-refractivity contribution is 5.87. The van der Waals surface area contributed by atoms with Crippen LogP contribution in [0.2, 0.25) is 0 Å². The second kappa shape index (κ2) is 12.4. The molecule has 0 unspecified atom stereocenters. The molecule has 0 aliphatic heterocycles. The average Bonchev–Trinajstić information content (AvgIpc) is 3.68. The maximum absolute atomic E-state index is 13.3. The molecule has 0 fully saturated rings. The van der Waals surface area contributed by atoms with Gasteiger partial charge in [-0.15, -0.1) is 0 Å². The van der Waals surface area contributed by atoms with Gasteiger partial charge in [0.1, 0.15) is 18.1 Å². The van der Waals surface area contributed by atoms with Gasteiger partial charge in [0, 0.05) is 36.0 Å². The molecule has 41 heavy (non-hydrogen) atoms. The molecule has 204 valence electrons. The van der Waals surface area contributed by atoms with Gasteiger partial charge < -0.3 is 19.0 Å². The molecule has 6 rings (SSSR count). The van der Waals surface area contributed by atoms with Crippen LogP contribution in [0.25, 0.3) is 10.9 Å². The number of nitrogens with zero attached hydrogens (tertiary/aromatic N) is 1. The Labute approximate surface area is 240 Å².